The van der Waals surface area contributed by atoms with Crippen molar-refractivity contribution in [1.29, 1.82) is 0 Å². The topological polar surface area (TPSA) is 70.9 Å². The summed E-state index contributed by atoms with van der Waals surface area (Å²) in [6.45, 7) is 0.695. The summed E-state index contributed by atoms with van der Waals surface area (Å²) in [6, 6.07) is 18.0. The Hall–Kier alpha value is -2.84. The van der Waals surface area contributed by atoms with Gasteiger partial charge in [0.2, 0.25) is 4.77 Å². The number of aromatic nitrogens is 4. The van der Waals surface area contributed by atoms with Crippen molar-refractivity contribution < 1.29 is 0 Å². The summed E-state index contributed by atoms with van der Waals surface area (Å²) in [4.78, 5) is 4.57. The van der Waals surface area contributed by atoms with E-state index < -0.39 is 0 Å². The van der Waals surface area contributed by atoms with Gasteiger partial charge in [-0.05, 0) is 29.9 Å². The summed E-state index contributed by atoms with van der Waals surface area (Å²) in [5.74, 6) is 0.774. The molecule has 0 saturated heterocycles. The second kappa shape index (κ2) is 7.59. The third-order valence-corrected chi connectivity index (χ3v) is 5.02. The number of aromatic amines is 1. The molecule has 0 fully saturated rings. The summed E-state index contributed by atoms with van der Waals surface area (Å²) >= 11 is 6.92. The van der Waals surface area contributed by atoms with E-state index in [1.54, 1.807) is 22.2 Å². The number of thiazole rings is 1. The van der Waals surface area contributed by atoms with Crippen LogP contribution < -0.4 is 5.32 Å². The molecule has 6 nitrogen and oxygen atoms in total. The summed E-state index contributed by atoms with van der Waals surface area (Å²) < 4.78 is 3.31. The third kappa shape index (κ3) is 3.71. The summed E-state index contributed by atoms with van der Waals surface area (Å²) in [7, 11) is 0. The first-order valence-corrected chi connectivity index (χ1v) is 9.37. The number of hydrogen-bond acceptors (Lipinski definition) is 6. The second-order valence-corrected chi connectivity index (χ2v) is 6.99. The average molecular weight is 381 g/mol. The highest BCUT2D eigenvalue weighted by atomic mass is 32.1. The van der Waals surface area contributed by atoms with Gasteiger partial charge < -0.3 is 5.32 Å². The molecule has 26 heavy (non-hydrogen) atoms. The van der Waals surface area contributed by atoms with E-state index in [1.165, 1.54) is 4.70 Å². The van der Waals surface area contributed by atoms with Gasteiger partial charge in [0.05, 0.1) is 16.4 Å². The minimum atomic E-state index is 0.479. The Bertz CT molecular complexity index is 1060. The van der Waals surface area contributed by atoms with Gasteiger partial charge in [-0.3, -0.25) is 5.10 Å². The van der Waals surface area contributed by atoms with E-state index >= 15 is 0 Å². The molecule has 0 radical (unpaired) electrons. The lowest BCUT2D eigenvalue weighted by Gasteiger charge is -2.02. The zero-order valence-electron chi connectivity index (χ0n) is 13.8. The number of H-pyrrole nitrogens is 1. The van der Waals surface area contributed by atoms with Crippen LogP contribution in [0.15, 0.2) is 59.7 Å². The van der Waals surface area contributed by atoms with Crippen molar-refractivity contribution in [1.82, 2.24) is 19.9 Å². The molecule has 0 aliphatic carbocycles. The minimum Gasteiger partial charge on any atom is -0.361 e. The van der Waals surface area contributed by atoms with E-state index in [0.29, 0.717) is 17.7 Å². The van der Waals surface area contributed by atoms with E-state index in [9.17, 15) is 0 Å². The van der Waals surface area contributed by atoms with Crippen molar-refractivity contribution >= 4 is 45.1 Å². The number of hydrogen-bond donors (Lipinski definition) is 2. The van der Waals surface area contributed by atoms with Gasteiger partial charge in [0.15, 0.2) is 11.0 Å². The van der Waals surface area contributed by atoms with E-state index in [4.69, 9.17) is 12.2 Å². The molecule has 0 unspecified atom stereocenters. The number of benzene rings is 2. The second-order valence-electron chi connectivity index (χ2n) is 5.58. The molecule has 4 aromatic rings. The van der Waals surface area contributed by atoms with E-state index in [-0.39, 0.29) is 0 Å². The normalized spacial score (nSPS) is 11.4. The van der Waals surface area contributed by atoms with E-state index in [2.05, 4.69) is 31.7 Å². The first kappa shape index (κ1) is 16.6. The van der Waals surface area contributed by atoms with Crippen molar-refractivity contribution in [2.75, 3.05) is 11.9 Å². The lowest BCUT2D eigenvalue weighted by molar-refractivity contribution is 0.765. The molecular formula is C18H16N6S2. The Balaban J connectivity index is 1.44. The highest BCUT2D eigenvalue weighted by Crippen LogP contribution is 2.25. The molecule has 0 aliphatic heterocycles. The van der Waals surface area contributed by atoms with Crippen LogP contribution in [0.2, 0.25) is 0 Å². The number of fused-ring (bicyclic) bond motifs is 1. The molecule has 2 aromatic carbocycles. The quantitative estimate of drug-likeness (QED) is 0.390. The smallest absolute Gasteiger partial charge is 0.216 e. The Kier molecular flexibility index (Phi) is 4.85. The summed E-state index contributed by atoms with van der Waals surface area (Å²) in [5.41, 5.74) is 2.02. The monoisotopic (exact) mass is 380 g/mol. The maximum Gasteiger partial charge on any atom is 0.216 e. The van der Waals surface area contributed by atoms with Crippen molar-refractivity contribution in [3.8, 4) is 0 Å². The molecule has 2 N–H and O–H groups in total. The van der Waals surface area contributed by atoms with Crippen LogP contribution in [0.5, 0.6) is 0 Å². The van der Waals surface area contributed by atoms with Gasteiger partial charge in [0, 0.05) is 13.0 Å². The number of rotatable bonds is 6. The first-order chi connectivity index (χ1) is 12.8. The van der Waals surface area contributed by atoms with Crippen LogP contribution in [0, 0.1) is 4.77 Å². The van der Waals surface area contributed by atoms with Crippen LogP contribution in [0.25, 0.3) is 10.2 Å². The van der Waals surface area contributed by atoms with Gasteiger partial charge >= 0.3 is 0 Å². The van der Waals surface area contributed by atoms with Gasteiger partial charge in [-0.1, -0.05) is 53.8 Å². The predicted octanol–water partition coefficient (Wildman–Crippen LogP) is 4.09. The molecule has 2 aromatic heterocycles. The van der Waals surface area contributed by atoms with Crippen LogP contribution in [0.3, 0.4) is 0 Å². The average Bonchev–Trinajstić information content (AvgIpc) is 3.24. The molecule has 0 atom stereocenters. The predicted molar refractivity (Wildman–Crippen MR) is 109 cm³/mol. The Labute approximate surface area is 159 Å². The fraction of sp³-hybridized carbons (Fsp3) is 0.111. The number of anilines is 1. The lowest BCUT2D eigenvalue weighted by atomic mass is 10.2. The fourth-order valence-electron chi connectivity index (χ4n) is 2.50. The molecule has 0 spiro atoms. The van der Waals surface area contributed by atoms with E-state index in [1.807, 2.05) is 48.5 Å². The third-order valence-electron chi connectivity index (χ3n) is 3.76. The van der Waals surface area contributed by atoms with Crippen LogP contribution in [-0.2, 0) is 6.42 Å². The van der Waals surface area contributed by atoms with Crippen LogP contribution in [0.1, 0.15) is 11.4 Å². The van der Waals surface area contributed by atoms with Crippen molar-refractivity contribution in [3.05, 3.63) is 70.8 Å². The number of nitrogens with zero attached hydrogens (tertiary/aromatic N) is 4. The molecule has 0 saturated carbocycles. The zero-order chi connectivity index (χ0) is 17.8. The van der Waals surface area contributed by atoms with Crippen molar-refractivity contribution in [3.63, 3.8) is 0 Å². The minimum absolute atomic E-state index is 0.479. The molecule has 4 rings (SSSR count). The van der Waals surface area contributed by atoms with Gasteiger partial charge in [-0.2, -0.15) is 14.9 Å². The Morgan fingerprint density at radius 3 is 2.81 bits per heavy atom. The first-order valence-electron chi connectivity index (χ1n) is 8.15. The Morgan fingerprint density at radius 1 is 1.15 bits per heavy atom. The maximum absolute atomic E-state index is 5.28. The lowest BCUT2D eigenvalue weighted by Crippen LogP contribution is -2.08. The van der Waals surface area contributed by atoms with Crippen molar-refractivity contribution in [2.45, 2.75) is 6.42 Å². The molecule has 130 valence electrons. The Morgan fingerprint density at radius 2 is 1.96 bits per heavy atom. The van der Waals surface area contributed by atoms with Gasteiger partial charge in [-0.25, -0.2) is 4.98 Å². The summed E-state index contributed by atoms with van der Waals surface area (Å²) in [6.07, 6.45) is 2.45. The summed E-state index contributed by atoms with van der Waals surface area (Å²) in [5, 5.41) is 15.8. The molecule has 0 bridgehead atoms. The standard InChI is InChI=1S/C18H16N6S2/c25-18-23-22-16(24(18)20-12-13-6-2-1-3-7-13)10-11-19-17-21-14-8-4-5-9-15(14)26-17/h1-9,12H,10-11H2,(H,19,21)(H,23,25)/b20-12+. The van der Waals surface area contributed by atoms with Gasteiger partial charge in [0.1, 0.15) is 0 Å². The van der Waals surface area contributed by atoms with Crippen molar-refractivity contribution in [2.24, 2.45) is 5.10 Å². The highest BCUT2D eigenvalue weighted by molar-refractivity contribution is 7.71. The fourth-order valence-corrected chi connectivity index (χ4v) is 3.59. The highest BCUT2D eigenvalue weighted by Gasteiger charge is 2.06. The molecule has 8 heteroatoms. The number of nitrogens with one attached hydrogen (secondary N) is 2. The maximum atomic E-state index is 5.28. The largest absolute Gasteiger partial charge is 0.361 e. The number of para-hydroxylation sites is 1. The zero-order valence-corrected chi connectivity index (χ0v) is 15.4. The van der Waals surface area contributed by atoms with Crippen LogP contribution in [0.4, 0.5) is 5.13 Å². The van der Waals surface area contributed by atoms with Crippen LogP contribution in [-0.4, -0.2) is 32.6 Å². The SMILES string of the molecule is S=c1[nH]nc(CCNc2nc3ccccc3s2)n1/N=C/c1ccccc1. The van der Waals surface area contributed by atoms with Gasteiger partial charge in [0.25, 0.3) is 0 Å². The van der Waals surface area contributed by atoms with Crippen LogP contribution >= 0.6 is 23.6 Å². The van der Waals surface area contributed by atoms with E-state index in [0.717, 1.165) is 22.0 Å². The molecule has 0 amide bonds. The molecule has 0 aliphatic rings. The van der Waals surface area contributed by atoms with Gasteiger partial charge in [-0.15, -0.1) is 0 Å². The molecule has 2 heterocycles. The molecular weight excluding hydrogens is 364 g/mol.